The second kappa shape index (κ2) is 6.14. The fraction of sp³-hybridized carbons (Fsp3) is 0.571. The number of alkyl halides is 1. The Morgan fingerprint density at radius 1 is 1.32 bits per heavy atom. The molecule has 2 atom stereocenters. The Hall–Kier alpha value is -0.740. The Morgan fingerprint density at radius 3 is 2.58 bits per heavy atom. The number of ether oxygens (including phenoxy) is 1. The molecule has 0 amide bonds. The van der Waals surface area contributed by atoms with Gasteiger partial charge < -0.3 is 4.74 Å². The minimum Gasteiger partial charge on any atom is -0.494 e. The van der Waals surface area contributed by atoms with Gasteiger partial charge in [-0.25, -0.2) is 8.42 Å². The number of halogens is 1. The first-order chi connectivity index (χ1) is 9.04. The SMILES string of the molecule is CCOc1ccc(C(Cl)C2CCCCS2(=O)=O)cc1. The molecule has 2 unspecified atom stereocenters. The van der Waals surface area contributed by atoms with Crippen LogP contribution >= 0.6 is 11.6 Å². The quantitative estimate of drug-likeness (QED) is 0.801. The molecule has 106 valence electrons. The maximum Gasteiger partial charge on any atom is 0.154 e. The van der Waals surface area contributed by atoms with Gasteiger partial charge in [-0.05, 0) is 37.5 Å². The van der Waals surface area contributed by atoms with Crippen molar-refractivity contribution in [2.24, 2.45) is 0 Å². The van der Waals surface area contributed by atoms with E-state index in [0.29, 0.717) is 13.0 Å². The highest BCUT2D eigenvalue weighted by atomic mass is 35.5. The van der Waals surface area contributed by atoms with Gasteiger partial charge in [0.2, 0.25) is 0 Å². The van der Waals surface area contributed by atoms with Gasteiger partial charge in [0.25, 0.3) is 0 Å². The summed E-state index contributed by atoms with van der Waals surface area (Å²) in [5.74, 6) is 1.04. The number of hydrogen-bond acceptors (Lipinski definition) is 3. The van der Waals surface area contributed by atoms with Gasteiger partial charge >= 0.3 is 0 Å². The van der Waals surface area contributed by atoms with Gasteiger partial charge in [-0.15, -0.1) is 11.6 Å². The van der Waals surface area contributed by atoms with Crippen LogP contribution < -0.4 is 4.74 Å². The summed E-state index contributed by atoms with van der Waals surface area (Å²) in [7, 11) is -3.05. The zero-order chi connectivity index (χ0) is 13.9. The summed E-state index contributed by atoms with van der Waals surface area (Å²) >= 11 is 6.38. The van der Waals surface area contributed by atoms with E-state index in [1.165, 1.54) is 0 Å². The van der Waals surface area contributed by atoms with Crippen LogP contribution in [0.15, 0.2) is 24.3 Å². The fourth-order valence-electron chi connectivity index (χ4n) is 2.44. The van der Waals surface area contributed by atoms with Crippen molar-refractivity contribution in [2.45, 2.75) is 36.8 Å². The molecule has 0 radical (unpaired) electrons. The highest BCUT2D eigenvalue weighted by Crippen LogP contribution is 2.35. The second-order valence-electron chi connectivity index (χ2n) is 4.81. The molecule has 1 aliphatic rings. The Kier molecular flexibility index (Phi) is 4.74. The zero-order valence-corrected chi connectivity index (χ0v) is 12.6. The number of benzene rings is 1. The van der Waals surface area contributed by atoms with Crippen molar-refractivity contribution in [1.82, 2.24) is 0 Å². The van der Waals surface area contributed by atoms with Crippen LogP contribution in [0.2, 0.25) is 0 Å². The lowest BCUT2D eigenvalue weighted by atomic mass is 10.0. The molecule has 1 aromatic carbocycles. The molecule has 0 aromatic heterocycles. The zero-order valence-electron chi connectivity index (χ0n) is 11.0. The van der Waals surface area contributed by atoms with Gasteiger partial charge in [0, 0.05) is 0 Å². The van der Waals surface area contributed by atoms with Crippen LogP contribution in [-0.2, 0) is 9.84 Å². The Bertz CT molecular complexity index is 510. The van der Waals surface area contributed by atoms with Gasteiger partial charge in [-0.1, -0.05) is 18.6 Å². The van der Waals surface area contributed by atoms with Crippen LogP contribution in [0.25, 0.3) is 0 Å². The van der Waals surface area contributed by atoms with Crippen molar-refractivity contribution in [2.75, 3.05) is 12.4 Å². The van der Waals surface area contributed by atoms with Crippen molar-refractivity contribution < 1.29 is 13.2 Å². The first kappa shape index (κ1) is 14.7. The standard InChI is InChI=1S/C14H19ClO3S/c1-2-18-12-8-6-11(7-9-12)14(15)13-5-3-4-10-19(13,16)17/h6-9,13-14H,2-5,10H2,1H3. The summed E-state index contributed by atoms with van der Waals surface area (Å²) in [6.45, 7) is 2.54. The van der Waals surface area contributed by atoms with Crippen LogP contribution in [0.4, 0.5) is 0 Å². The molecular formula is C14H19ClO3S. The van der Waals surface area contributed by atoms with Gasteiger partial charge in [-0.3, -0.25) is 0 Å². The van der Waals surface area contributed by atoms with E-state index < -0.39 is 20.5 Å². The highest BCUT2D eigenvalue weighted by Gasteiger charge is 2.35. The molecule has 1 fully saturated rings. The van der Waals surface area contributed by atoms with Crippen molar-refractivity contribution in [1.29, 1.82) is 0 Å². The smallest absolute Gasteiger partial charge is 0.154 e. The van der Waals surface area contributed by atoms with E-state index in [0.717, 1.165) is 24.2 Å². The Balaban J connectivity index is 2.16. The van der Waals surface area contributed by atoms with E-state index in [9.17, 15) is 8.42 Å². The molecule has 1 aromatic rings. The molecule has 0 saturated carbocycles. The minimum atomic E-state index is -3.05. The summed E-state index contributed by atoms with van der Waals surface area (Å²) < 4.78 is 29.5. The van der Waals surface area contributed by atoms with Crippen LogP contribution in [0.3, 0.4) is 0 Å². The van der Waals surface area contributed by atoms with E-state index in [-0.39, 0.29) is 5.75 Å². The van der Waals surface area contributed by atoms with Crippen LogP contribution in [0.5, 0.6) is 5.75 Å². The molecule has 0 aliphatic carbocycles. The van der Waals surface area contributed by atoms with Crippen molar-refractivity contribution in [3.8, 4) is 5.75 Å². The van der Waals surface area contributed by atoms with Gasteiger partial charge in [0.05, 0.1) is 23.0 Å². The first-order valence-corrected chi connectivity index (χ1v) is 8.78. The number of hydrogen-bond donors (Lipinski definition) is 0. The first-order valence-electron chi connectivity index (χ1n) is 6.63. The van der Waals surface area contributed by atoms with Crippen molar-refractivity contribution >= 4 is 21.4 Å². The molecule has 1 heterocycles. The number of rotatable bonds is 4. The molecule has 3 nitrogen and oxygen atoms in total. The van der Waals surface area contributed by atoms with Crippen LogP contribution in [0.1, 0.15) is 37.1 Å². The lowest BCUT2D eigenvalue weighted by Gasteiger charge is -2.26. The van der Waals surface area contributed by atoms with E-state index in [1.807, 2.05) is 31.2 Å². The van der Waals surface area contributed by atoms with Gasteiger partial charge in [0.1, 0.15) is 5.75 Å². The third-order valence-electron chi connectivity index (χ3n) is 3.46. The number of sulfone groups is 1. The normalized spacial score (nSPS) is 23.8. The summed E-state index contributed by atoms with van der Waals surface area (Å²) in [6.07, 6.45) is 2.35. The van der Waals surface area contributed by atoms with E-state index in [4.69, 9.17) is 16.3 Å². The maximum absolute atomic E-state index is 12.1. The second-order valence-corrected chi connectivity index (χ2v) is 7.61. The largest absolute Gasteiger partial charge is 0.494 e. The molecular weight excluding hydrogens is 284 g/mol. The van der Waals surface area contributed by atoms with Crippen molar-refractivity contribution in [3.63, 3.8) is 0 Å². The minimum absolute atomic E-state index is 0.262. The van der Waals surface area contributed by atoms with E-state index in [2.05, 4.69) is 0 Å². The lowest BCUT2D eigenvalue weighted by molar-refractivity contribution is 0.340. The topological polar surface area (TPSA) is 43.4 Å². The lowest BCUT2D eigenvalue weighted by Crippen LogP contribution is -2.31. The van der Waals surface area contributed by atoms with Gasteiger partial charge in [0.15, 0.2) is 9.84 Å². The molecule has 1 aliphatic heterocycles. The molecule has 0 N–H and O–H groups in total. The van der Waals surface area contributed by atoms with Crippen LogP contribution in [-0.4, -0.2) is 26.0 Å². The average Bonchev–Trinajstić information content (AvgIpc) is 2.39. The maximum atomic E-state index is 12.1. The Labute approximate surface area is 119 Å². The highest BCUT2D eigenvalue weighted by molar-refractivity contribution is 7.92. The summed E-state index contributed by atoms with van der Waals surface area (Å²) in [5.41, 5.74) is 0.848. The predicted octanol–water partition coefficient (Wildman–Crippen LogP) is 3.33. The molecule has 2 rings (SSSR count). The van der Waals surface area contributed by atoms with Crippen LogP contribution in [0, 0.1) is 0 Å². The molecule has 0 bridgehead atoms. The monoisotopic (exact) mass is 302 g/mol. The molecule has 19 heavy (non-hydrogen) atoms. The molecule has 5 heteroatoms. The fourth-order valence-corrected chi connectivity index (χ4v) is 5.14. The Morgan fingerprint density at radius 2 is 2.00 bits per heavy atom. The third kappa shape index (κ3) is 3.42. The van der Waals surface area contributed by atoms with E-state index in [1.54, 1.807) is 0 Å². The van der Waals surface area contributed by atoms with Gasteiger partial charge in [-0.2, -0.15) is 0 Å². The molecule has 1 saturated heterocycles. The van der Waals surface area contributed by atoms with Crippen molar-refractivity contribution in [3.05, 3.63) is 29.8 Å². The predicted molar refractivity (Wildman–Crippen MR) is 77.6 cm³/mol. The summed E-state index contributed by atoms with van der Waals surface area (Å²) in [4.78, 5) is 0. The summed E-state index contributed by atoms with van der Waals surface area (Å²) in [6, 6.07) is 7.38. The summed E-state index contributed by atoms with van der Waals surface area (Å²) in [5, 5.41) is -0.929. The average molecular weight is 303 g/mol. The molecule has 0 spiro atoms. The van der Waals surface area contributed by atoms with E-state index >= 15 is 0 Å². The third-order valence-corrected chi connectivity index (χ3v) is 6.46.